The first-order valence-electron chi connectivity index (χ1n) is 7.44. The van der Waals surface area contributed by atoms with Gasteiger partial charge in [-0.3, -0.25) is 4.79 Å². The fraction of sp³-hybridized carbons (Fsp3) is 0.562. The molecule has 1 aromatic carbocycles. The van der Waals surface area contributed by atoms with E-state index < -0.39 is 5.54 Å². The van der Waals surface area contributed by atoms with Gasteiger partial charge in [-0.15, -0.1) is 0 Å². The zero-order valence-corrected chi connectivity index (χ0v) is 11.5. The molecule has 3 atom stereocenters. The third-order valence-electron chi connectivity index (χ3n) is 5.17. The molecule has 1 aliphatic heterocycles. The Bertz CT molecular complexity index is 551. The van der Waals surface area contributed by atoms with Gasteiger partial charge in [0.25, 0.3) is 0 Å². The van der Waals surface area contributed by atoms with Crippen molar-refractivity contribution in [3.8, 4) is 0 Å². The maximum absolute atomic E-state index is 12.4. The second-order valence-corrected chi connectivity index (χ2v) is 6.36. The standard InChI is InChI=1S/C16H20N2O2/c17-16(5-7-20-8-6-16)15(19)18-14-12-9-10-3-1-2-4-11(10)13(12)14/h1-4,12-14H,5-9,17H2,(H,18,19). The van der Waals surface area contributed by atoms with Crippen molar-refractivity contribution >= 4 is 5.91 Å². The van der Waals surface area contributed by atoms with Crippen molar-refractivity contribution in [1.82, 2.24) is 5.32 Å². The molecule has 0 aromatic heterocycles. The lowest BCUT2D eigenvalue weighted by atomic mass is 9.90. The Morgan fingerprint density at radius 2 is 2.05 bits per heavy atom. The number of fused-ring (bicyclic) bond motifs is 3. The van der Waals surface area contributed by atoms with Gasteiger partial charge < -0.3 is 15.8 Å². The number of amides is 1. The summed E-state index contributed by atoms with van der Waals surface area (Å²) in [7, 11) is 0. The molecule has 2 fully saturated rings. The molecule has 3 N–H and O–H groups in total. The molecular formula is C16H20N2O2. The average Bonchev–Trinajstić information content (AvgIpc) is 2.97. The van der Waals surface area contributed by atoms with Gasteiger partial charge in [0.1, 0.15) is 0 Å². The lowest BCUT2D eigenvalue weighted by molar-refractivity contribution is -0.130. The van der Waals surface area contributed by atoms with Crippen LogP contribution in [-0.2, 0) is 16.0 Å². The predicted molar refractivity (Wildman–Crippen MR) is 75.3 cm³/mol. The van der Waals surface area contributed by atoms with E-state index >= 15 is 0 Å². The van der Waals surface area contributed by atoms with Gasteiger partial charge in [0.2, 0.25) is 5.91 Å². The molecule has 0 radical (unpaired) electrons. The lowest BCUT2D eigenvalue weighted by Gasteiger charge is -2.32. The summed E-state index contributed by atoms with van der Waals surface area (Å²) in [6.45, 7) is 1.18. The first-order chi connectivity index (χ1) is 9.69. The van der Waals surface area contributed by atoms with Gasteiger partial charge in [-0.1, -0.05) is 24.3 Å². The molecule has 20 heavy (non-hydrogen) atoms. The van der Waals surface area contributed by atoms with E-state index in [1.165, 1.54) is 11.1 Å². The van der Waals surface area contributed by atoms with Crippen LogP contribution in [-0.4, -0.2) is 30.7 Å². The summed E-state index contributed by atoms with van der Waals surface area (Å²) in [4.78, 5) is 12.4. The van der Waals surface area contributed by atoms with Crippen molar-refractivity contribution < 1.29 is 9.53 Å². The van der Waals surface area contributed by atoms with Gasteiger partial charge in [0.15, 0.2) is 0 Å². The summed E-state index contributed by atoms with van der Waals surface area (Å²) in [6.07, 6.45) is 2.33. The van der Waals surface area contributed by atoms with Crippen molar-refractivity contribution in [2.75, 3.05) is 13.2 Å². The van der Waals surface area contributed by atoms with Crippen LogP contribution in [0.5, 0.6) is 0 Å². The molecule has 0 spiro atoms. The van der Waals surface area contributed by atoms with E-state index in [4.69, 9.17) is 10.5 Å². The fourth-order valence-electron chi connectivity index (χ4n) is 3.81. The molecule has 4 heteroatoms. The normalized spacial score (nSPS) is 33.1. The Kier molecular flexibility index (Phi) is 2.66. The largest absolute Gasteiger partial charge is 0.381 e. The SMILES string of the molecule is NC1(C(=O)NC2C3Cc4ccccc4C32)CCOCC1. The highest BCUT2D eigenvalue weighted by Crippen LogP contribution is 2.56. The van der Waals surface area contributed by atoms with Crippen LogP contribution in [0.1, 0.15) is 29.9 Å². The molecule has 1 aromatic rings. The maximum Gasteiger partial charge on any atom is 0.240 e. The molecule has 1 heterocycles. The van der Waals surface area contributed by atoms with Gasteiger partial charge >= 0.3 is 0 Å². The Labute approximate surface area is 118 Å². The van der Waals surface area contributed by atoms with E-state index in [2.05, 4.69) is 29.6 Å². The molecule has 1 amide bonds. The second-order valence-electron chi connectivity index (χ2n) is 6.36. The first kappa shape index (κ1) is 12.4. The number of ether oxygens (including phenoxy) is 1. The molecule has 1 saturated carbocycles. The number of nitrogens with two attached hydrogens (primary N) is 1. The van der Waals surface area contributed by atoms with Crippen molar-refractivity contribution in [2.24, 2.45) is 11.7 Å². The maximum atomic E-state index is 12.4. The smallest absolute Gasteiger partial charge is 0.240 e. The van der Waals surface area contributed by atoms with Crippen LogP contribution < -0.4 is 11.1 Å². The Balaban J connectivity index is 1.44. The number of benzene rings is 1. The van der Waals surface area contributed by atoms with E-state index in [1.807, 2.05) is 0 Å². The van der Waals surface area contributed by atoms with Gasteiger partial charge in [-0.2, -0.15) is 0 Å². The highest BCUT2D eigenvalue weighted by atomic mass is 16.5. The van der Waals surface area contributed by atoms with Gasteiger partial charge in [-0.25, -0.2) is 0 Å². The number of nitrogens with one attached hydrogen (secondary N) is 1. The Morgan fingerprint density at radius 3 is 2.85 bits per heavy atom. The molecule has 1 saturated heterocycles. The molecule has 0 bridgehead atoms. The number of hydrogen-bond donors (Lipinski definition) is 2. The van der Waals surface area contributed by atoms with Crippen molar-refractivity contribution in [1.29, 1.82) is 0 Å². The quantitative estimate of drug-likeness (QED) is 0.842. The van der Waals surface area contributed by atoms with Crippen LogP contribution in [0.15, 0.2) is 24.3 Å². The Morgan fingerprint density at radius 1 is 1.30 bits per heavy atom. The zero-order valence-electron chi connectivity index (χ0n) is 11.5. The minimum Gasteiger partial charge on any atom is -0.381 e. The van der Waals surface area contributed by atoms with Gasteiger partial charge in [0.05, 0.1) is 5.54 Å². The minimum atomic E-state index is -0.728. The predicted octanol–water partition coefficient (Wildman–Crippen LogP) is 0.949. The zero-order chi connectivity index (χ0) is 13.7. The molecule has 2 aliphatic carbocycles. The molecule has 3 unspecified atom stereocenters. The van der Waals surface area contributed by atoms with Crippen LogP contribution in [0.2, 0.25) is 0 Å². The minimum absolute atomic E-state index is 0.0117. The molecule has 4 rings (SSSR count). The summed E-state index contributed by atoms with van der Waals surface area (Å²) >= 11 is 0. The highest BCUT2D eigenvalue weighted by molar-refractivity contribution is 5.87. The molecule has 3 aliphatic rings. The summed E-state index contributed by atoms with van der Waals surface area (Å²) in [5, 5.41) is 3.19. The third-order valence-corrected chi connectivity index (χ3v) is 5.17. The van der Waals surface area contributed by atoms with Crippen molar-refractivity contribution in [3.05, 3.63) is 35.4 Å². The summed E-state index contributed by atoms with van der Waals surface area (Å²) in [6, 6.07) is 8.86. The number of rotatable bonds is 2. The molecule has 4 nitrogen and oxygen atoms in total. The molecular weight excluding hydrogens is 252 g/mol. The summed E-state index contributed by atoms with van der Waals surface area (Å²) in [5.41, 5.74) is 8.37. The topological polar surface area (TPSA) is 64.4 Å². The number of hydrogen-bond acceptors (Lipinski definition) is 3. The second kappa shape index (κ2) is 4.30. The third kappa shape index (κ3) is 1.79. The van der Waals surface area contributed by atoms with Crippen LogP contribution in [0.25, 0.3) is 0 Å². The van der Waals surface area contributed by atoms with E-state index in [0.29, 0.717) is 43.9 Å². The average molecular weight is 272 g/mol. The summed E-state index contributed by atoms with van der Waals surface area (Å²) < 4.78 is 5.30. The van der Waals surface area contributed by atoms with E-state index in [1.54, 1.807) is 0 Å². The lowest BCUT2D eigenvalue weighted by Crippen LogP contribution is -2.57. The first-order valence-corrected chi connectivity index (χ1v) is 7.44. The van der Waals surface area contributed by atoms with Crippen LogP contribution in [0.3, 0.4) is 0 Å². The van der Waals surface area contributed by atoms with Crippen LogP contribution in [0, 0.1) is 5.92 Å². The molecule has 106 valence electrons. The van der Waals surface area contributed by atoms with Crippen LogP contribution in [0.4, 0.5) is 0 Å². The van der Waals surface area contributed by atoms with E-state index in [0.717, 1.165) is 6.42 Å². The van der Waals surface area contributed by atoms with E-state index in [-0.39, 0.29) is 5.91 Å². The summed E-state index contributed by atoms with van der Waals surface area (Å²) in [5.74, 6) is 1.11. The van der Waals surface area contributed by atoms with Crippen LogP contribution >= 0.6 is 0 Å². The number of carbonyl (C=O) groups excluding carboxylic acids is 1. The number of carbonyl (C=O) groups is 1. The van der Waals surface area contributed by atoms with Crippen molar-refractivity contribution in [2.45, 2.75) is 36.8 Å². The Hall–Kier alpha value is -1.39. The van der Waals surface area contributed by atoms with E-state index in [9.17, 15) is 4.79 Å². The van der Waals surface area contributed by atoms with Crippen molar-refractivity contribution in [3.63, 3.8) is 0 Å². The van der Waals surface area contributed by atoms with Gasteiger partial charge in [0, 0.05) is 25.2 Å². The fourth-order valence-corrected chi connectivity index (χ4v) is 3.81. The van der Waals surface area contributed by atoms with Gasteiger partial charge in [-0.05, 0) is 36.3 Å². The highest BCUT2D eigenvalue weighted by Gasteiger charge is 2.57. The monoisotopic (exact) mass is 272 g/mol.